The van der Waals surface area contributed by atoms with Crippen LogP contribution in [0.25, 0.3) is 11.1 Å². The molecule has 0 spiro atoms. The lowest BCUT2D eigenvalue weighted by molar-refractivity contribution is -0.402. The van der Waals surface area contributed by atoms with Crippen LogP contribution in [0.3, 0.4) is 0 Å². The Kier molecular flexibility index (Phi) is 3.72. The number of piperidine rings is 1. The van der Waals surface area contributed by atoms with Gasteiger partial charge in [0.15, 0.2) is 17.2 Å². The number of rotatable bonds is 3. The van der Waals surface area contributed by atoms with E-state index in [9.17, 15) is 14.9 Å². The van der Waals surface area contributed by atoms with E-state index in [1.165, 1.54) is 12.1 Å². The predicted molar refractivity (Wildman–Crippen MR) is 87.2 cm³/mol. The molecule has 8 heteroatoms. The van der Waals surface area contributed by atoms with Crippen LogP contribution in [-0.2, 0) is 0 Å². The topological polar surface area (TPSA) is 103 Å². The highest BCUT2D eigenvalue weighted by Gasteiger charge is 2.29. The molecular weight excluding hydrogens is 326 g/mol. The summed E-state index contributed by atoms with van der Waals surface area (Å²) in [6.07, 6.45) is 1.45. The van der Waals surface area contributed by atoms with Crippen LogP contribution in [0, 0.1) is 10.1 Å². The summed E-state index contributed by atoms with van der Waals surface area (Å²) in [5, 5.41) is 10.7. The summed E-state index contributed by atoms with van der Waals surface area (Å²) >= 11 is 0. The monoisotopic (exact) mass is 341 g/mol. The number of para-hydroxylation sites is 2. The Hall–Kier alpha value is -3.16. The van der Waals surface area contributed by atoms with Crippen LogP contribution in [0.5, 0.6) is 0 Å². The molecule has 0 atom stereocenters. The number of aromatic nitrogens is 1. The lowest BCUT2D eigenvalue weighted by atomic mass is 9.96. The average molecular weight is 341 g/mol. The molecule has 0 saturated carbocycles. The minimum absolute atomic E-state index is 0.00740. The van der Waals surface area contributed by atoms with Crippen LogP contribution in [0.1, 0.15) is 35.2 Å². The molecule has 3 aromatic rings. The van der Waals surface area contributed by atoms with Crippen molar-refractivity contribution < 1.29 is 18.6 Å². The zero-order valence-electron chi connectivity index (χ0n) is 13.3. The molecule has 8 nitrogen and oxygen atoms in total. The molecule has 128 valence electrons. The molecule has 0 aliphatic carbocycles. The third-order valence-electron chi connectivity index (χ3n) is 4.42. The number of carbonyl (C=O) groups excluding carboxylic acids is 1. The van der Waals surface area contributed by atoms with Crippen molar-refractivity contribution in [1.29, 1.82) is 0 Å². The fraction of sp³-hybridized carbons (Fsp3) is 0.294. The number of fused-ring (bicyclic) bond motifs is 1. The molecule has 3 heterocycles. The van der Waals surface area contributed by atoms with Gasteiger partial charge in [0.05, 0.1) is 6.07 Å². The zero-order valence-corrected chi connectivity index (χ0v) is 13.3. The van der Waals surface area contributed by atoms with E-state index in [1.807, 2.05) is 24.3 Å². The van der Waals surface area contributed by atoms with Crippen molar-refractivity contribution in [3.05, 3.63) is 58.2 Å². The van der Waals surface area contributed by atoms with Gasteiger partial charge >= 0.3 is 5.88 Å². The molecule has 0 radical (unpaired) electrons. The number of amides is 1. The molecule has 0 unspecified atom stereocenters. The van der Waals surface area contributed by atoms with Crippen molar-refractivity contribution in [2.24, 2.45) is 0 Å². The number of nitro groups is 1. The Bertz CT molecular complexity index is 904. The van der Waals surface area contributed by atoms with E-state index in [-0.39, 0.29) is 17.6 Å². The van der Waals surface area contributed by atoms with E-state index in [0.29, 0.717) is 19.0 Å². The van der Waals surface area contributed by atoms with E-state index in [2.05, 4.69) is 4.98 Å². The maximum absolute atomic E-state index is 12.4. The van der Waals surface area contributed by atoms with Gasteiger partial charge in [-0.3, -0.25) is 14.9 Å². The number of nitrogens with zero attached hydrogens (tertiary/aromatic N) is 3. The molecule has 2 aromatic heterocycles. The number of furan rings is 1. The van der Waals surface area contributed by atoms with Crippen molar-refractivity contribution in [2.45, 2.75) is 18.8 Å². The van der Waals surface area contributed by atoms with Gasteiger partial charge in [-0.25, -0.2) is 4.98 Å². The van der Waals surface area contributed by atoms with Gasteiger partial charge in [0.2, 0.25) is 0 Å². The van der Waals surface area contributed by atoms with Crippen LogP contribution in [-0.4, -0.2) is 33.8 Å². The molecule has 4 rings (SSSR count). The summed E-state index contributed by atoms with van der Waals surface area (Å²) in [7, 11) is 0. The Morgan fingerprint density at radius 2 is 1.92 bits per heavy atom. The minimum Gasteiger partial charge on any atom is -0.440 e. The highest BCUT2D eigenvalue weighted by Crippen LogP contribution is 2.30. The first kappa shape index (κ1) is 15.4. The molecular formula is C17H15N3O5. The van der Waals surface area contributed by atoms with Crippen LogP contribution in [0.15, 0.2) is 45.2 Å². The number of carbonyl (C=O) groups is 1. The van der Waals surface area contributed by atoms with Crippen LogP contribution < -0.4 is 0 Å². The number of hydrogen-bond donors (Lipinski definition) is 0. The SMILES string of the molecule is O=C(c1ccc([N+](=O)[O-])o1)N1CCC(c2nc3ccccc3o2)CC1. The molecule has 1 fully saturated rings. The number of oxazole rings is 1. The first-order chi connectivity index (χ1) is 12.1. The van der Waals surface area contributed by atoms with Gasteiger partial charge in [-0.1, -0.05) is 12.1 Å². The van der Waals surface area contributed by atoms with Gasteiger partial charge in [0.25, 0.3) is 5.91 Å². The Labute approximate surface area is 142 Å². The molecule has 1 aromatic carbocycles. The van der Waals surface area contributed by atoms with Crippen molar-refractivity contribution in [3.8, 4) is 0 Å². The number of hydrogen-bond acceptors (Lipinski definition) is 6. The van der Waals surface area contributed by atoms with Crippen LogP contribution in [0.2, 0.25) is 0 Å². The fourth-order valence-corrected chi connectivity index (χ4v) is 3.09. The highest BCUT2D eigenvalue weighted by atomic mass is 16.6. The maximum atomic E-state index is 12.4. The van der Waals surface area contributed by atoms with Gasteiger partial charge in [-0.15, -0.1) is 0 Å². The number of likely N-dealkylation sites (tertiary alicyclic amines) is 1. The van der Waals surface area contributed by atoms with E-state index >= 15 is 0 Å². The Morgan fingerprint density at radius 1 is 1.16 bits per heavy atom. The summed E-state index contributed by atoms with van der Waals surface area (Å²) in [5.74, 6) is 0.0881. The molecule has 0 N–H and O–H groups in total. The normalized spacial score (nSPS) is 15.6. The predicted octanol–water partition coefficient (Wildman–Crippen LogP) is 3.35. The van der Waals surface area contributed by atoms with Gasteiger partial charge in [0.1, 0.15) is 10.4 Å². The summed E-state index contributed by atoms with van der Waals surface area (Å²) in [6.45, 7) is 1.05. The van der Waals surface area contributed by atoms with E-state index in [1.54, 1.807) is 4.90 Å². The molecule has 1 amide bonds. The van der Waals surface area contributed by atoms with Crippen molar-refractivity contribution in [1.82, 2.24) is 9.88 Å². The second-order valence-electron chi connectivity index (χ2n) is 5.98. The quantitative estimate of drug-likeness (QED) is 0.534. The standard InChI is InChI=1S/C17H15N3O5/c21-17(14-5-6-15(24-14)20(22)23)19-9-7-11(8-10-19)16-18-12-3-1-2-4-13(12)25-16/h1-6,11H,7-10H2. The average Bonchev–Trinajstić information content (AvgIpc) is 3.28. The summed E-state index contributed by atoms with van der Waals surface area (Å²) < 4.78 is 10.8. The molecule has 0 bridgehead atoms. The zero-order chi connectivity index (χ0) is 17.4. The lowest BCUT2D eigenvalue weighted by Gasteiger charge is -2.29. The Morgan fingerprint density at radius 3 is 2.60 bits per heavy atom. The smallest absolute Gasteiger partial charge is 0.433 e. The second-order valence-corrected chi connectivity index (χ2v) is 5.98. The van der Waals surface area contributed by atoms with E-state index < -0.39 is 10.8 Å². The van der Waals surface area contributed by atoms with Crippen LogP contribution >= 0.6 is 0 Å². The molecule has 25 heavy (non-hydrogen) atoms. The first-order valence-corrected chi connectivity index (χ1v) is 8.01. The first-order valence-electron chi connectivity index (χ1n) is 8.01. The molecule has 1 aliphatic rings. The summed E-state index contributed by atoms with van der Waals surface area (Å²) in [4.78, 5) is 28.6. The third-order valence-corrected chi connectivity index (χ3v) is 4.42. The Balaban J connectivity index is 1.43. The maximum Gasteiger partial charge on any atom is 0.433 e. The largest absolute Gasteiger partial charge is 0.440 e. The highest BCUT2D eigenvalue weighted by molar-refractivity contribution is 5.91. The molecule has 1 aliphatic heterocycles. The van der Waals surface area contributed by atoms with Crippen molar-refractivity contribution in [2.75, 3.05) is 13.1 Å². The van der Waals surface area contributed by atoms with Gasteiger partial charge in [-0.2, -0.15) is 0 Å². The van der Waals surface area contributed by atoms with Crippen molar-refractivity contribution in [3.63, 3.8) is 0 Å². The number of benzene rings is 1. The van der Waals surface area contributed by atoms with Crippen molar-refractivity contribution >= 4 is 22.9 Å². The summed E-state index contributed by atoms with van der Waals surface area (Å²) in [6, 6.07) is 10.1. The lowest BCUT2D eigenvalue weighted by Crippen LogP contribution is -2.37. The van der Waals surface area contributed by atoms with Gasteiger partial charge < -0.3 is 13.7 Å². The third kappa shape index (κ3) is 2.86. The summed E-state index contributed by atoms with van der Waals surface area (Å²) in [5.41, 5.74) is 1.60. The van der Waals surface area contributed by atoms with Crippen LogP contribution in [0.4, 0.5) is 5.88 Å². The van der Waals surface area contributed by atoms with E-state index in [4.69, 9.17) is 8.83 Å². The second kappa shape index (κ2) is 6.04. The van der Waals surface area contributed by atoms with Gasteiger partial charge in [-0.05, 0) is 31.0 Å². The van der Waals surface area contributed by atoms with E-state index in [0.717, 1.165) is 23.9 Å². The molecule has 1 saturated heterocycles. The minimum atomic E-state index is -0.656. The van der Waals surface area contributed by atoms with Gasteiger partial charge in [0, 0.05) is 19.0 Å². The fourth-order valence-electron chi connectivity index (χ4n) is 3.09.